The molecular weight excluding hydrogens is 247 g/mol. The first-order valence-electron chi connectivity index (χ1n) is 5.62. The summed E-state index contributed by atoms with van der Waals surface area (Å²) in [7, 11) is 0. The number of ether oxygens (including phenoxy) is 1. The van der Waals surface area contributed by atoms with E-state index >= 15 is 0 Å². The van der Waals surface area contributed by atoms with Gasteiger partial charge in [0, 0.05) is 6.61 Å². The lowest BCUT2D eigenvalue weighted by Crippen LogP contribution is -2.41. The summed E-state index contributed by atoms with van der Waals surface area (Å²) in [5, 5.41) is 9.80. The van der Waals surface area contributed by atoms with Crippen LogP contribution in [0.3, 0.4) is 0 Å². The van der Waals surface area contributed by atoms with Crippen LogP contribution in [0.25, 0.3) is 0 Å². The van der Waals surface area contributed by atoms with Crippen molar-refractivity contribution in [3.8, 4) is 0 Å². The number of hydrogen-bond donors (Lipinski definition) is 1. The highest BCUT2D eigenvalue weighted by molar-refractivity contribution is 5.37. The van der Waals surface area contributed by atoms with Gasteiger partial charge in [0.25, 0.3) is 0 Å². The number of anilines is 1. The van der Waals surface area contributed by atoms with Crippen LogP contribution in [0.2, 0.25) is 0 Å². The van der Waals surface area contributed by atoms with Gasteiger partial charge in [-0.15, -0.1) is 10.2 Å². The minimum atomic E-state index is -4.46. The minimum absolute atomic E-state index is 0.0263. The van der Waals surface area contributed by atoms with E-state index in [9.17, 15) is 13.2 Å². The van der Waals surface area contributed by atoms with Crippen molar-refractivity contribution in [1.82, 2.24) is 10.2 Å². The Morgan fingerprint density at radius 1 is 1.39 bits per heavy atom. The first kappa shape index (κ1) is 13.1. The smallest absolute Gasteiger partial charge is 0.376 e. The van der Waals surface area contributed by atoms with E-state index in [0.717, 1.165) is 12.5 Å². The van der Waals surface area contributed by atoms with E-state index in [1.54, 1.807) is 0 Å². The van der Waals surface area contributed by atoms with Gasteiger partial charge in [0.05, 0.1) is 11.6 Å². The topological polar surface area (TPSA) is 47.0 Å². The molecule has 2 heterocycles. The quantitative estimate of drug-likeness (QED) is 0.888. The summed E-state index contributed by atoms with van der Waals surface area (Å²) in [6.45, 7) is 4.49. The van der Waals surface area contributed by atoms with E-state index in [0.29, 0.717) is 12.4 Å². The Balaban J connectivity index is 2.11. The monoisotopic (exact) mass is 261 g/mol. The molecule has 0 spiro atoms. The van der Waals surface area contributed by atoms with Gasteiger partial charge in [-0.3, -0.25) is 0 Å². The summed E-state index contributed by atoms with van der Waals surface area (Å²) in [5.74, 6) is 0.322. The molecule has 2 rings (SSSR count). The van der Waals surface area contributed by atoms with Crippen molar-refractivity contribution in [3.63, 3.8) is 0 Å². The highest BCUT2D eigenvalue weighted by Gasteiger charge is 2.38. The molecule has 0 radical (unpaired) electrons. The van der Waals surface area contributed by atoms with Crippen molar-refractivity contribution in [3.05, 3.63) is 17.8 Å². The molecule has 1 fully saturated rings. The molecule has 1 aromatic heterocycles. The van der Waals surface area contributed by atoms with Gasteiger partial charge in [-0.2, -0.15) is 13.2 Å². The zero-order valence-corrected chi connectivity index (χ0v) is 10.1. The van der Waals surface area contributed by atoms with Crippen LogP contribution in [0.5, 0.6) is 0 Å². The number of alkyl halides is 3. The zero-order valence-electron chi connectivity index (χ0n) is 10.1. The first-order chi connectivity index (χ1) is 8.31. The van der Waals surface area contributed by atoms with Gasteiger partial charge in [0.15, 0.2) is 5.69 Å². The predicted octanol–water partition coefficient (Wildman–Crippen LogP) is 2.47. The summed E-state index contributed by atoms with van der Waals surface area (Å²) in [6.07, 6.45) is -3.71. The Labute approximate surface area is 103 Å². The van der Waals surface area contributed by atoms with Crippen LogP contribution in [0.4, 0.5) is 19.0 Å². The molecule has 1 saturated heterocycles. The molecule has 1 aliphatic heterocycles. The van der Waals surface area contributed by atoms with Crippen LogP contribution in [0.15, 0.2) is 12.1 Å². The molecule has 2 atom stereocenters. The van der Waals surface area contributed by atoms with E-state index in [4.69, 9.17) is 4.74 Å². The standard InChI is InChI=1S/C11H14F3N3O/c1-7-10(2,5-6-18-7)15-9-4-3-8(16-17-9)11(12,13)14/h3-4,7H,5-6H2,1-2H3,(H,15,17). The molecule has 0 aromatic carbocycles. The third-order valence-corrected chi connectivity index (χ3v) is 3.26. The van der Waals surface area contributed by atoms with Crippen LogP contribution in [-0.2, 0) is 10.9 Å². The third-order valence-electron chi connectivity index (χ3n) is 3.26. The largest absolute Gasteiger partial charge is 0.435 e. The van der Waals surface area contributed by atoms with Crippen molar-refractivity contribution in [2.75, 3.05) is 11.9 Å². The Morgan fingerprint density at radius 3 is 2.56 bits per heavy atom. The Morgan fingerprint density at radius 2 is 2.11 bits per heavy atom. The maximum Gasteiger partial charge on any atom is 0.435 e. The van der Waals surface area contributed by atoms with E-state index in [1.807, 2.05) is 13.8 Å². The van der Waals surface area contributed by atoms with Gasteiger partial charge >= 0.3 is 6.18 Å². The fraction of sp³-hybridized carbons (Fsp3) is 0.636. The molecule has 18 heavy (non-hydrogen) atoms. The number of halogens is 3. The summed E-state index contributed by atoms with van der Waals surface area (Å²) in [6, 6.07) is 2.20. The average molecular weight is 261 g/mol. The molecule has 0 amide bonds. The second-order valence-corrected chi connectivity index (χ2v) is 4.61. The average Bonchev–Trinajstić information content (AvgIpc) is 2.58. The molecule has 0 saturated carbocycles. The second-order valence-electron chi connectivity index (χ2n) is 4.61. The Kier molecular flexibility index (Phi) is 3.18. The lowest BCUT2D eigenvalue weighted by atomic mass is 9.95. The fourth-order valence-corrected chi connectivity index (χ4v) is 1.84. The number of aromatic nitrogens is 2. The van der Waals surface area contributed by atoms with Gasteiger partial charge in [0.2, 0.25) is 0 Å². The summed E-state index contributed by atoms with van der Waals surface area (Å²) < 4.78 is 42.4. The SMILES string of the molecule is CC1OCCC1(C)Nc1ccc(C(F)(F)F)nn1. The number of hydrogen-bond acceptors (Lipinski definition) is 4. The van der Waals surface area contributed by atoms with E-state index in [-0.39, 0.29) is 11.6 Å². The van der Waals surface area contributed by atoms with E-state index in [1.165, 1.54) is 6.07 Å². The number of rotatable bonds is 2. The third kappa shape index (κ3) is 2.55. The van der Waals surface area contributed by atoms with Gasteiger partial charge in [-0.1, -0.05) is 0 Å². The Hall–Kier alpha value is -1.37. The molecule has 100 valence electrons. The van der Waals surface area contributed by atoms with Gasteiger partial charge in [0.1, 0.15) is 5.82 Å². The molecule has 1 aliphatic rings. The summed E-state index contributed by atoms with van der Waals surface area (Å²) in [5.41, 5.74) is -1.32. The van der Waals surface area contributed by atoms with Crippen LogP contribution < -0.4 is 5.32 Å². The van der Waals surface area contributed by atoms with Crippen molar-refractivity contribution in [2.24, 2.45) is 0 Å². The first-order valence-corrected chi connectivity index (χ1v) is 5.62. The van der Waals surface area contributed by atoms with Crippen molar-refractivity contribution < 1.29 is 17.9 Å². The zero-order chi connectivity index (χ0) is 13.4. The van der Waals surface area contributed by atoms with Crippen molar-refractivity contribution >= 4 is 5.82 Å². The van der Waals surface area contributed by atoms with Gasteiger partial charge in [-0.05, 0) is 32.4 Å². The molecule has 1 N–H and O–H groups in total. The molecule has 0 aliphatic carbocycles. The predicted molar refractivity (Wildman–Crippen MR) is 59.1 cm³/mol. The molecule has 2 unspecified atom stereocenters. The lowest BCUT2D eigenvalue weighted by Gasteiger charge is -2.29. The number of nitrogens with zero attached hydrogens (tertiary/aromatic N) is 2. The Bertz CT molecular complexity index is 421. The molecule has 1 aromatic rings. The van der Waals surface area contributed by atoms with Gasteiger partial charge < -0.3 is 10.1 Å². The molecule has 4 nitrogen and oxygen atoms in total. The minimum Gasteiger partial charge on any atom is -0.376 e. The highest BCUT2D eigenvalue weighted by atomic mass is 19.4. The second kappa shape index (κ2) is 4.38. The van der Waals surface area contributed by atoms with Crippen molar-refractivity contribution in [2.45, 2.75) is 38.1 Å². The summed E-state index contributed by atoms with van der Waals surface area (Å²) >= 11 is 0. The molecular formula is C11H14F3N3O. The summed E-state index contributed by atoms with van der Waals surface area (Å²) in [4.78, 5) is 0. The van der Waals surface area contributed by atoms with Crippen molar-refractivity contribution in [1.29, 1.82) is 0 Å². The number of nitrogens with one attached hydrogen (secondary N) is 1. The maximum atomic E-state index is 12.3. The normalized spacial score (nSPS) is 28.4. The van der Waals surface area contributed by atoms with E-state index in [2.05, 4.69) is 15.5 Å². The molecule has 0 bridgehead atoms. The van der Waals surface area contributed by atoms with Crippen LogP contribution in [-0.4, -0.2) is 28.4 Å². The molecule has 7 heteroatoms. The van der Waals surface area contributed by atoms with Crippen LogP contribution in [0, 0.1) is 0 Å². The maximum absolute atomic E-state index is 12.3. The van der Waals surface area contributed by atoms with Crippen LogP contribution >= 0.6 is 0 Å². The van der Waals surface area contributed by atoms with Gasteiger partial charge in [-0.25, -0.2) is 0 Å². The van der Waals surface area contributed by atoms with E-state index < -0.39 is 11.9 Å². The highest BCUT2D eigenvalue weighted by Crippen LogP contribution is 2.30. The lowest BCUT2D eigenvalue weighted by molar-refractivity contribution is -0.141. The fourth-order valence-electron chi connectivity index (χ4n) is 1.84. The van der Waals surface area contributed by atoms with Crippen LogP contribution in [0.1, 0.15) is 26.0 Å².